The Hall–Kier alpha value is -3.00. The van der Waals surface area contributed by atoms with Crippen LogP contribution in [0.4, 0.5) is 0 Å². The number of nitrogens with one attached hydrogen (secondary N) is 1. The number of carbonyl (C=O) groups is 2. The lowest BCUT2D eigenvalue weighted by molar-refractivity contribution is -0.154. The smallest absolute Gasteiger partial charge is 0.307 e. The standard InChI is InChI=1S/C20H21N3O4S/c1-13-5-7-15(8-6-13)12-21-20(25)14(2)26-18(24)10-9-17-22-19(23-27-17)16-4-3-11-28-16/h3-8,11,14H,9-10,12H2,1-2H3,(H,21,25)/t14-/m0/s1. The van der Waals surface area contributed by atoms with Crippen LogP contribution >= 0.6 is 11.3 Å². The molecule has 3 aromatic rings. The van der Waals surface area contributed by atoms with Crippen molar-refractivity contribution in [2.24, 2.45) is 0 Å². The van der Waals surface area contributed by atoms with E-state index >= 15 is 0 Å². The lowest BCUT2D eigenvalue weighted by Gasteiger charge is -2.13. The van der Waals surface area contributed by atoms with Gasteiger partial charge in [-0.1, -0.05) is 41.1 Å². The summed E-state index contributed by atoms with van der Waals surface area (Å²) in [5, 5.41) is 8.58. The van der Waals surface area contributed by atoms with Crippen LogP contribution in [0.15, 0.2) is 46.3 Å². The molecule has 0 aliphatic heterocycles. The molecular weight excluding hydrogens is 378 g/mol. The minimum absolute atomic E-state index is 0.0572. The highest BCUT2D eigenvalue weighted by atomic mass is 32.1. The molecule has 0 spiro atoms. The molecule has 146 valence electrons. The highest BCUT2D eigenvalue weighted by Gasteiger charge is 2.18. The minimum atomic E-state index is -0.873. The van der Waals surface area contributed by atoms with Gasteiger partial charge < -0.3 is 14.6 Å². The maximum Gasteiger partial charge on any atom is 0.307 e. The first-order valence-electron chi connectivity index (χ1n) is 8.90. The maximum atomic E-state index is 12.1. The third-order valence-electron chi connectivity index (χ3n) is 4.02. The number of rotatable bonds is 8. The lowest BCUT2D eigenvalue weighted by Crippen LogP contribution is -2.35. The minimum Gasteiger partial charge on any atom is -0.453 e. The van der Waals surface area contributed by atoms with E-state index in [-0.39, 0.29) is 18.7 Å². The molecule has 1 N–H and O–H groups in total. The molecule has 0 aliphatic carbocycles. The lowest BCUT2D eigenvalue weighted by atomic mass is 10.1. The van der Waals surface area contributed by atoms with Crippen molar-refractivity contribution in [3.8, 4) is 10.7 Å². The molecule has 2 heterocycles. The summed E-state index contributed by atoms with van der Waals surface area (Å²) < 4.78 is 10.3. The number of benzene rings is 1. The van der Waals surface area contributed by atoms with Gasteiger partial charge in [0.15, 0.2) is 6.10 Å². The summed E-state index contributed by atoms with van der Waals surface area (Å²) in [7, 11) is 0. The van der Waals surface area contributed by atoms with Gasteiger partial charge in [0.1, 0.15) is 0 Å². The summed E-state index contributed by atoms with van der Waals surface area (Å²) in [5.74, 6) is 0.0274. The summed E-state index contributed by atoms with van der Waals surface area (Å²) in [5.41, 5.74) is 2.14. The predicted molar refractivity (Wildman–Crippen MR) is 105 cm³/mol. The van der Waals surface area contributed by atoms with Crippen LogP contribution in [0.5, 0.6) is 0 Å². The first kappa shape index (κ1) is 19.8. The van der Waals surface area contributed by atoms with E-state index in [1.807, 2.05) is 48.7 Å². The molecule has 0 saturated heterocycles. The number of thiophene rings is 1. The third-order valence-corrected chi connectivity index (χ3v) is 4.88. The summed E-state index contributed by atoms with van der Waals surface area (Å²) in [6, 6.07) is 11.6. The highest BCUT2D eigenvalue weighted by Crippen LogP contribution is 2.21. The van der Waals surface area contributed by atoms with Crippen molar-refractivity contribution in [2.45, 2.75) is 39.3 Å². The second kappa shape index (κ2) is 9.27. The molecule has 7 nitrogen and oxygen atoms in total. The molecule has 2 aromatic heterocycles. The van der Waals surface area contributed by atoms with E-state index in [9.17, 15) is 9.59 Å². The molecule has 0 fully saturated rings. The van der Waals surface area contributed by atoms with E-state index < -0.39 is 12.1 Å². The van der Waals surface area contributed by atoms with Crippen LogP contribution in [0, 0.1) is 6.92 Å². The zero-order chi connectivity index (χ0) is 19.9. The van der Waals surface area contributed by atoms with Crippen LogP contribution in [-0.2, 0) is 27.3 Å². The molecule has 1 amide bonds. The van der Waals surface area contributed by atoms with E-state index in [0.29, 0.717) is 18.3 Å². The van der Waals surface area contributed by atoms with Gasteiger partial charge in [0.05, 0.1) is 11.3 Å². The van der Waals surface area contributed by atoms with Crippen LogP contribution < -0.4 is 5.32 Å². The molecular formula is C20H21N3O4S. The van der Waals surface area contributed by atoms with Gasteiger partial charge in [-0.05, 0) is 30.9 Å². The summed E-state index contributed by atoms with van der Waals surface area (Å²) in [4.78, 5) is 29.2. The molecule has 3 rings (SSSR count). The van der Waals surface area contributed by atoms with Crippen molar-refractivity contribution in [1.82, 2.24) is 15.5 Å². The number of aromatic nitrogens is 2. The van der Waals surface area contributed by atoms with Crippen molar-refractivity contribution >= 4 is 23.2 Å². The molecule has 1 atom stereocenters. The SMILES string of the molecule is Cc1ccc(CNC(=O)[C@H](C)OC(=O)CCc2nc(-c3cccs3)no2)cc1. The van der Waals surface area contributed by atoms with Crippen molar-refractivity contribution in [2.75, 3.05) is 0 Å². The van der Waals surface area contributed by atoms with E-state index in [1.54, 1.807) is 6.92 Å². The average Bonchev–Trinajstić information content (AvgIpc) is 3.37. The van der Waals surface area contributed by atoms with Gasteiger partial charge in [0.2, 0.25) is 11.7 Å². The molecule has 0 radical (unpaired) electrons. The van der Waals surface area contributed by atoms with Gasteiger partial charge in [-0.2, -0.15) is 4.98 Å². The first-order chi connectivity index (χ1) is 13.5. The van der Waals surface area contributed by atoms with Gasteiger partial charge in [0, 0.05) is 13.0 Å². The zero-order valence-electron chi connectivity index (χ0n) is 15.7. The summed E-state index contributed by atoms with van der Waals surface area (Å²) >= 11 is 1.51. The highest BCUT2D eigenvalue weighted by molar-refractivity contribution is 7.13. The second-order valence-corrected chi connectivity index (χ2v) is 7.27. The summed E-state index contributed by atoms with van der Waals surface area (Å²) in [6.07, 6.45) is -0.557. The number of aryl methyl sites for hydroxylation is 2. The Morgan fingerprint density at radius 1 is 1.25 bits per heavy atom. The number of ether oxygens (including phenoxy) is 1. The van der Waals surface area contributed by atoms with Gasteiger partial charge in [0.25, 0.3) is 5.91 Å². The Bertz CT molecular complexity index is 919. The average molecular weight is 399 g/mol. The van der Waals surface area contributed by atoms with Gasteiger partial charge in [-0.15, -0.1) is 11.3 Å². The first-order valence-corrected chi connectivity index (χ1v) is 9.78. The molecule has 0 bridgehead atoms. The Morgan fingerprint density at radius 2 is 2.04 bits per heavy atom. The number of hydrogen-bond acceptors (Lipinski definition) is 7. The summed E-state index contributed by atoms with van der Waals surface area (Å²) in [6.45, 7) is 3.93. The second-order valence-electron chi connectivity index (χ2n) is 6.32. The van der Waals surface area contributed by atoms with Crippen LogP contribution in [0.3, 0.4) is 0 Å². The van der Waals surface area contributed by atoms with Crippen LogP contribution in [0.2, 0.25) is 0 Å². The van der Waals surface area contributed by atoms with Gasteiger partial charge >= 0.3 is 5.97 Å². The van der Waals surface area contributed by atoms with Crippen molar-refractivity contribution in [3.63, 3.8) is 0 Å². The Balaban J connectivity index is 1.41. The molecule has 8 heteroatoms. The molecule has 0 aliphatic rings. The van der Waals surface area contributed by atoms with Crippen molar-refractivity contribution < 1.29 is 18.8 Å². The molecule has 0 unspecified atom stereocenters. The fraction of sp³-hybridized carbons (Fsp3) is 0.300. The van der Waals surface area contributed by atoms with E-state index in [0.717, 1.165) is 16.0 Å². The van der Waals surface area contributed by atoms with Crippen molar-refractivity contribution in [3.05, 3.63) is 58.8 Å². The van der Waals surface area contributed by atoms with E-state index in [4.69, 9.17) is 9.26 Å². The molecule has 1 aromatic carbocycles. The van der Waals surface area contributed by atoms with Gasteiger partial charge in [-0.3, -0.25) is 9.59 Å². The maximum absolute atomic E-state index is 12.1. The normalized spacial score (nSPS) is 11.8. The fourth-order valence-corrected chi connectivity index (χ4v) is 3.07. The fourth-order valence-electron chi connectivity index (χ4n) is 2.42. The Kier molecular flexibility index (Phi) is 6.54. The third kappa shape index (κ3) is 5.50. The number of carbonyl (C=O) groups excluding carboxylic acids is 2. The number of amides is 1. The van der Waals surface area contributed by atoms with Crippen LogP contribution in [-0.4, -0.2) is 28.1 Å². The van der Waals surface area contributed by atoms with Gasteiger partial charge in [-0.25, -0.2) is 0 Å². The predicted octanol–water partition coefficient (Wildman–Crippen LogP) is 3.29. The van der Waals surface area contributed by atoms with Crippen molar-refractivity contribution in [1.29, 1.82) is 0 Å². The number of hydrogen-bond donors (Lipinski definition) is 1. The molecule has 28 heavy (non-hydrogen) atoms. The van der Waals surface area contributed by atoms with E-state index in [1.165, 1.54) is 11.3 Å². The topological polar surface area (TPSA) is 94.3 Å². The Labute approximate surface area is 166 Å². The number of esters is 1. The van der Waals surface area contributed by atoms with Crippen LogP contribution in [0.25, 0.3) is 10.7 Å². The van der Waals surface area contributed by atoms with Crippen LogP contribution in [0.1, 0.15) is 30.4 Å². The zero-order valence-corrected chi connectivity index (χ0v) is 16.5. The quantitative estimate of drug-likeness (QED) is 0.584. The largest absolute Gasteiger partial charge is 0.453 e. The monoisotopic (exact) mass is 399 g/mol. The molecule has 0 saturated carbocycles. The van der Waals surface area contributed by atoms with E-state index in [2.05, 4.69) is 15.5 Å². The number of nitrogens with zero attached hydrogens (tertiary/aromatic N) is 2. The Morgan fingerprint density at radius 3 is 2.75 bits per heavy atom.